The lowest BCUT2D eigenvalue weighted by atomic mass is 10.1. The quantitative estimate of drug-likeness (QED) is 0.688. The van der Waals surface area contributed by atoms with E-state index in [0.29, 0.717) is 12.5 Å². The average Bonchev–Trinajstić information content (AvgIpc) is 2.37. The Kier molecular flexibility index (Phi) is 6.65. The molecule has 0 atom stereocenters. The fourth-order valence-electron chi connectivity index (χ4n) is 1.68. The second kappa shape index (κ2) is 7.58. The molecule has 0 aliphatic carbocycles. The zero-order valence-electron chi connectivity index (χ0n) is 11.7. The van der Waals surface area contributed by atoms with Gasteiger partial charge < -0.3 is 5.11 Å². The average molecular weight is 399 g/mol. The minimum Gasteiger partial charge on any atom is -0.478 e. The zero-order valence-corrected chi connectivity index (χ0v) is 14.8. The first-order valence-electron chi connectivity index (χ1n) is 6.37. The van der Waals surface area contributed by atoms with Crippen LogP contribution in [-0.4, -0.2) is 26.0 Å². The molecule has 0 saturated heterocycles. The van der Waals surface area contributed by atoms with Gasteiger partial charge in [-0.1, -0.05) is 25.4 Å². The van der Waals surface area contributed by atoms with Crippen molar-refractivity contribution in [2.45, 2.75) is 31.6 Å². The lowest BCUT2D eigenvalue weighted by Crippen LogP contribution is -2.25. The maximum Gasteiger partial charge on any atom is 0.337 e. The summed E-state index contributed by atoms with van der Waals surface area (Å²) in [6, 6.07) is 2.35. The number of nitrogens with one attached hydrogen (secondary N) is 1. The highest BCUT2D eigenvalue weighted by Crippen LogP contribution is 2.29. The molecule has 21 heavy (non-hydrogen) atoms. The van der Waals surface area contributed by atoms with Crippen molar-refractivity contribution >= 4 is 43.5 Å². The SMILES string of the molecule is CC(C)CCCNS(=O)(=O)c1cc(Br)c(Cl)c(C(=O)O)c1. The lowest BCUT2D eigenvalue weighted by Gasteiger charge is -2.10. The molecule has 5 nitrogen and oxygen atoms in total. The minimum absolute atomic E-state index is 0.0266. The van der Waals surface area contributed by atoms with Crippen molar-refractivity contribution in [2.24, 2.45) is 5.92 Å². The summed E-state index contributed by atoms with van der Waals surface area (Å²) < 4.78 is 27.0. The Labute approximate surface area is 137 Å². The Hall–Kier alpha value is -0.630. The van der Waals surface area contributed by atoms with Crippen LogP contribution in [0.3, 0.4) is 0 Å². The summed E-state index contributed by atoms with van der Waals surface area (Å²) in [7, 11) is -3.76. The summed E-state index contributed by atoms with van der Waals surface area (Å²) in [6.07, 6.45) is 1.63. The Balaban J connectivity index is 2.96. The van der Waals surface area contributed by atoms with Crippen molar-refractivity contribution in [3.63, 3.8) is 0 Å². The summed E-state index contributed by atoms with van der Waals surface area (Å²) in [5, 5.41) is 9.01. The molecule has 0 fully saturated rings. The van der Waals surface area contributed by atoms with Gasteiger partial charge in [0.25, 0.3) is 0 Å². The Morgan fingerprint density at radius 2 is 2.05 bits per heavy atom. The topological polar surface area (TPSA) is 83.5 Å². The van der Waals surface area contributed by atoms with Crippen molar-refractivity contribution in [1.82, 2.24) is 4.72 Å². The van der Waals surface area contributed by atoms with E-state index in [9.17, 15) is 13.2 Å². The molecule has 0 amide bonds. The second-order valence-electron chi connectivity index (χ2n) is 5.01. The number of halogens is 2. The maximum absolute atomic E-state index is 12.1. The number of sulfonamides is 1. The Bertz CT molecular complexity index is 631. The molecule has 0 aliphatic heterocycles. The van der Waals surface area contributed by atoms with Crippen LogP contribution in [-0.2, 0) is 10.0 Å². The van der Waals surface area contributed by atoms with Gasteiger partial charge in [0.15, 0.2) is 0 Å². The van der Waals surface area contributed by atoms with E-state index in [4.69, 9.17) is 16.7 Å². The number of aromatic carboxylic acids is 1. The van der Waals surface area contributed by atoms with E-state index in [2.05, 4.69) is 34.5 Å². The van der Waals surface area contributed by atoms with Gasteiger partial charge in [0.1, 0.15) is 0 Å². The van der Waals surface area contributed by atoms with Crippen LogP contribution in [0.5, 0.6) is 0 Å². The van der Waals surface area contributed by atoms with Gasteiger partial charge in [0.05, 0.1) is 15.5 Å². The fraction of sp³-hybridized carbons (Fsp3) is 0.462. The molecule has 0 heterocycles. The molecule has 0 spiro atoms. The van der Waals surface area contributed by atoms with E-state index < -0.39 is 16.0 Å². The van der Waals surface area contributed by atoms with Gasteiger partial charge in [-0.25, -0.2) is 17.9 Å². The number of hydrogen-bond donors (Lipinski definition) is 2. The van der Waals surface area contributed by atoms with Crippen LogP contribution < -0.4 is 4.72 Å². The third-order valence-electron chi connectivity index (χ3n) is 2.79. The Morgan fingerprint density at radius 3 is 2.57 bits per heavy atom. The van der Waals surface area contributed by atoms with Crippen LogP contribution in [0.2, 0.25) is 5.02 Å². The number of carbonyl (C=O) groups is 1. The van der Waals surface area contributed by atoms with Crippen LogP contribution in [0.1, 0.15) is 37.0 Å². The number of carboxylic acids is 1. The van der Waals surface area contributed by atoms with Crippen molar-refractivity contribution < 1.29 is 18.3 Å². The van der Waals surface area contributed by atoms with E-state index in [1.54, 1.807) is 0 Å². The summed E-state index contributed by atoms with van der Waals surface area (Å²) in [6.45, 7) is 4.43. The monoisotopic (exact) mass is 397 g/mol. The molecule has 1 aromatic carbocycles. The minimum atomic E-state index is -3.76. The highest BCUT2D eigenvalue weighted by Gasteiger charge is 2.20. The van der Waals surface area contributed by atoms with E-state index in [1.807, 2.05) is 0 Å². The van der Waals surface area contributed by atoms with Crippen molar-refractivity contribution in [1.29, 1.82) is 0 Å². The fourth-order valence-corrected chi connectivity index (χ4v) is 3.60. The zero-order chi connectivity index (χ0) is 16.2. The van der Waals surface area contributed by atoms with Gasteiger partial charge in [-0.15, -0.1) is 0 Å². The highest BCUT2D eigenvalue weighted by atomic mass is 79.9. The molecule has 2 N–H and O–H groups in total. The molecule has 1 aromatic rings. The van der Waals surface area contributed by atoms with Gasteiger partial charge in [-0.05, 0) is 46.8 Å². The van der Waals surface area contributed by atoms with Crippen molar-refractivity contribution in [3.8, 4) is 0 Å². The number of benzene rings is 1. The second-order valence-corrected chi connectivity index (χ2v) is 8.00. The summed E-state index contributed by atoms with van der Waals surface area (Å²) in [5.74, 6) is -0.782. The van der Waals surface area contributed by atoms with Crippen LogP contribution in [0, 0.1) is 5.92 Å². The summed E-state index contributed by atoms with van der Waals surface area (Å²) in [5.41, 5.74) is -0.256. The number of rotatable bonds is 7. The number of hydrogen-bond acceptors (Lipinski definition) is 3. The molecule has 8 heteroatoms. The smallest absolute Gasteiger partial charge is 0.337 e. The molecular formula is C13H17BrClNO4S. The molecule has 0 bridgehead atoms. The van der Waals surface area contributed by atoms with Crippen LogP contribution in [0.4, 0.5) is 0 Å². The van der Waals surface area contributed by atoms with Gasteiger partial charge in [0.2, 0.25) is 10.0 Å². The molecule has 118 valence electrons. The van der Waals surface area contributed by atoms with Gasteiger partial charge in [0, 0.05) is 11.0 Å². The molecule has 1 rings (SSSR count). The summed E-state index contributed by atoms with van der Waals surface area (Å²) in [4.78, 5) is 10.9. The normalized spacial score (nSPS) is 11.9. The largest absolute Gasteiger partial charge is 0.478 e. The third kappa shape index (κ3) is 5.25. The van der Waals surface area contributed by atoms with Crippen LogP contribution in [0.15, 0.2) is 21.5 Å². The van der Waals surface area contributed by atoms with Crippen LogP contribution >= 0.6 is 27.5 Å². The standard InChI is InChI=1S/C13H17BrClNO4S/c1-8(2)4-3-5-16-21(19,20)9-6-10(13(17)18)12(15)11(14)7-9/h6-8,16H,3-5H2,1-2H3,(H,17,18). The molecule has 0 unspecified atom stereocenters. The van der Waals surface area contributed by atoms with Crippen LogP contribution in [0.25, 0.3) is 0 Å². The van der Waals surface area contributed by atoms with Gasteiger partial charge in [-0.3, -0.25) is 0 Å². The lowest BCUT2D eigenvalue weighted by molar-refractivity contribution is 0.0696. The van der Waals surface area contributed by atoms with Crippen molar-refractivity contribution in [3.05, 3.63) is 27.2 Å². The highest BCUT2D eigenvalue weighted by molar-refractivity contribution is 9.10. The molecule has 0 saturated carbocycles. The molecular weight excluding hydrogens is 382 g/mol. The van der Waals surface area contributed by atoms with E-state index >= 15 is 0 Å². The molecule has 0 aliphatic rings. The summed E-state index contributed by atoms with van der Waals surface area (Å²) >= 11 is 8.90. The molecule has 0 aromatic heterocycles. The predicted molar refractivity (Wildman–Crippen MR) is 85.4 cm³/mol. The van der Waals surface area contributed by atoms with E-state index in [0.717, 1.165) is 18.9 Å². The van der Waals surface area contributed by atoms with Gasteiger partial charge >= 0.3 is 5.97 Å². The maximum atomic E-state index is 12.1. The Morgan fingerprint density at radius 1 is 1.43 bits per heavy atom. The van der Waals surface area contributed by atoms with E-state index in [1.165, 1.54) is 6.07 Å². The van der Waals surface area contributed by atoms with Gasteiger partial charge in [-0.2, -0.15) is 0 Å². The molecule has 0 radical (unpaired) electrons. The first-order valence-corrected chi connectivity index (χ1v) is 9.02. The first-order chi connectivity index (χ1) is 9.65. The number of carboxylic acid groups (broad SMARTS) is 1. The third-order valence-corrected chi connectivity index (χ3v) is 5.49. The first kappa shape index (κ1) is 18.4. The van der Waals surface area contributed by atoms with Crippen molar-refractivity contribution in [2.75, 3.05) is 6.54 Å². The predicted octanol–water partition coefficient (Wildman–Crippen LogP) is 3.52. The van der Waals surface area contributed by atoms with E-state index in [-0.39, 0.29) is 20.0 Å².